The Labute approximate surface area is 107 Å². The van der Waals surface area contributed by atoms with Gasteiger partial charge in [0.2, 0.25) is 5.91 Å². The Balaban J connectivity index is 2.12. The third kappa shape index (κ3) is 3.04. The van der Waals surface area contributed by atoms with Crippen molar-refractivity contribution in [3.8, 4) is 5.75 Å². The molecule has 1 aromatic heterocycles. The largest absolute Gasteiger partial charge is 0.484 e. The SMILES string of the molecule is NC(=O)c1ccc(COc2cccnc2F)c(F)c1. The van der Waals surface area contributed by atoms with Crippen LogP contribution in [0.5, 0.6) is 5.75 Å². The topological polar surface area (TPSA) is 65.2 Å². The highest BCUT2D eigenvalue weighted by molar-refractivity contribution is 5.92. The van der Waals surface area contributed by atoms with Crippen LogP contribution in [0.15, 0.2) is 36.5 Å². The van der Waals surface area contributed by atoms with Gasteiger partial charge in [0.1, 0.15) is 12.4 Å². The van der Waals surface area contributed by atoms with Gasteiger partial charge in [-0.05, 0) is 24.3 Å². The lowest BCUT2D eigenvalue weighted by molar-refractivity contribution is 0.0999. The molecule has 2 N–H and O–H groups in total. The summed E-state index contributed by atoms with van der Waals surface area (Å²) in [5.41, 5.74) is 5.27. The number of nitrogens with zero attached hydrogens (tertiary/aromatic N) is 1. The van der Waals surface area contributed by atoms with Gasteiger partial charge in [0, 0.05) is 17.3 Å². The maximum absolute atomic E-state index is 13.6. The summed E-state index contributed by atoms with van der Waals surface area (Å²) in [4.78, 5) is 14.3. The fourth-order valence-electron chi connectivity index (χ4n) is 1.45. The third-order valence-corrected chi connectivity index (χ3v) is 2.45. The van der Waals surface area contributed by atoms with E-state index in [0.717, 1.165) is 6.07 Å². The standard InChI is InChI=1S/C13H10F2N2O2/c14-10-6-8(13(16)18)3-4-9(10)7-19-11-2-1-5-17-12(11)15/h1-6H,7H2,(H2,16,18). The van der Waals surface area contributed by atoms with E-state index in [1.807, 2.05) is 0 Å². The molecule has 1 aromatic carbocycles. The monoisotopic (exact) mass is 264 g/mol. The van der Waals surface area contributed by atoms with Gasteiger partial charge in [-0.15, -0.1) is 0 Å². The van der Waals surface area contributed by atoms with Crippen LogP contribution in [0.4, 0.5) is 8.78 Å². The van der Waals surface area contributed by atoms with Crippen molar-refractivity contribution in [1.29, 1.82) is 0 Å². The van der Waals surface area contributed by atoms with Crippen LogP contribution in [-0.4, -0.2) is 10.9 Å². The molecule has 19 heavy (non-hydrogen) atoms. The summed E-state index contributed by atoms with van der Waals surface area (Å²) >= 11 is 0. The molecule has 0 unspecified atom stereocenters. The Morgan fingerprint density at radius 3 is 2.74 bits per heavy atom. The second kappa shape index (κ2) is 5.43. The number of ether oxygens (including phenoxy) is 1. The van der Waals surface area contributed by atoms with Crippen molar-refractivity contribution < 1.29 is 18.3 Å². The normalized spacial score (nSPS) is 10.2. The molecular formula is C13H10F2N2O2. The van der Waals surface area contributed by atoms with Gasteiger partial charge < -0.3 is 10.5 Å². The highest BCUT2D eigenvalue weighted by Gasteiger charge is 2.09. The molecule has 0 saturated heterocycles. The van der Waals surface area contributed by atoms with E-state index in [9.17, 15) is 13.6 Å². The van der Waals surface area contributed by atoms with E-state index in [4.69, 9.17) is 10.5 Å². The number of pyridine rings is 1. The molecular weight excluding hydrogens is 254 g/mol. The first kappa shape index (κ1) is 12.9. The molecule has 0 aliphatic heterocycles. The molecule has 98 valence electrons. The summed E-state index contributed by atoms with van der Waals surface area (Å²) in [5.74, 6) is -2.19. The Hall–Kier alpha value is -2.50. The molecule has 4 nitrogen and oxygen atoms in total. The van der Waals surface area contributed by atoms with Gasteiger partial charge in [0.05, 0.1) is 0 Å². The van der Waals surface area contributed by atoms with Crippen LogP contribution in [0.25, 0.3) is 0 Å². The fourth-order valence-corrected chi connectivity index (χ4v) is 1.45. The molecule has 0 bridgehead atoms. The maximum atomic E-state index is 13.6. The summed E-state index contributed by atoms with van der Waals surface area (Å²) in [6.07, 6.45) is 1.28. The average molecular weight is 264 g/mol. The number of primary amides is 1. The molecule has 0 saturated carbocycles. The van der Waals surface area contributed by atoms with E-state index in [2.05, 4.69) is 4.98 Å². The molecule has 0 spiro atoms. The van der Waals surface area contributed by atoms with E-state index in [-0.39, 0.29) is 23.5 Å². The van der Waals surface area contributed by atoms with Gasteiger partial charge in [0.25, 0.3) is 5.95 Å². The third-order valence-electron chi connectivity index (χ3n) is 2.45. The van der Waals surface area contributed by atoms with Crippen molar-refractivity contribution in [2.24, 2.45) is 5.73 Å². The lowest BCUT2D eigenvalue weighted by Crippen LogP contribution is -2.12. The molecule has 1 heterocycles. The summed E-state index contributed by atoms with van der Waals surface area (Å²) in [6.45, 7) is -0.173. The number of hydrogen-bond acceptors (Lipinski definition) is 3. The Kier molecular flexibility index (Phi) is 3.70. The highest BCUT2D eigenvalue weighted by atomic mass is 19.1. The number of halogens is 2. The molecule has 0 radical (unpaired) electrons. The molecule has 6 heteroatoms. The van der Waals surface area contributed by atoms with E-state index >= 15 is 0 Å². The molecule has 0 atom stereocenters. The van der Waals surface area contributed by atoms with Crippen molar-refractivity contribution in [3.63, 3.8) is 0 Å². The van der Waals surface area contributed by atoms with Crippen LogP contribution < -0.4 is 10.5 Å². The van der Waals surface area contributed by atoms with Crippen LogP contribution in [0.1, 0.15) is 15.9 Å². The molecule has 2 rings (SSSR count). The zero-order chi connectivity index (χ0) is 13.8. The molecule has 1 amide bonds. The summed E-state index contributed by atoms with van der Waals surface area (Å²) in [7, 11) is 0. The first-order valence-electron chi connectivity index (χ1n) is 5.39. The van der Waals surface area contributed by atoms with Crippen LogP contribution in [0.3, 0.4) is 0 Å². The minimum atomic E-state index is -0.767. The number of nitrogens with two attached hydrogens (primary N) is 1. The smallest absolute Gasteiger partial charge is 0.255 e. The van der Waals surface area contributed by atoms with E-state index in [0.29, 0.717) is 0 Å². The van der Waals surface area contributed by atoms with Gasteiger partial charge in [-0.1, -0.05) is 6.07 Å². The minimum Gasteiger partial charge on any atom is -0.484 e. The van der Waals surface area contributed by atoms with Crippen LogP contribution >= 0.6 is 0 Å². The zero-order valence-corrected chi connectivity index (χ0v) is 9.77. The van der Waals surface area contributed by atoms with Crippen molar-refractivity contribution in [3.05, 3.63) is 59.4 Å². The zero-order valence-electron chi connectivity index (χ0n) is 9.77. The Bertz CT molecular complexity index is 617. The van der Waals surface area contributed by atoms with E-state index in [1.54, 1.807) is 0 Å². The van der Waals surface area contributed by atoms with Gasteiger partial charge >= 0.3 is 0 Å². The van der Waals surface area contributed by atoms with Gasteiger partial charge in [-0.3, -0.25) is 4.79 Å². The van der Waals surface area contributed by atoms with Crippen molar-refractivity contribution in [2.75, 3.05) is 0 Å². The number of amides is 1. The summed E-state index contributed by atoms with van der Waals surface area (Å²) in [5, 5.41) is 0. The second-order valence-corrected chi connectivity index (χ2v) is 3.75. The number of hydrogen-bond donors (Lipinski definition) is 1. The lowest BCUT2D eigenvalue weighted by atomic mass is 10.1. The molecule has 0 aliphatic carbocycles. The van der Waals surface area contributed by atoms with Gasteiger partial charge in [-0.2, -0.15) is 4.39 Å². The van der Waals surface area contributed by atoms with Crippen molar-refractivity contribution in [2.45, 2.75) is 6.61 Å². The number of rotatable bonds is 4. The van der Waals surface area contributed by atoms with Crippen molar-refractivity contribution in [1.82, 2.24) is 4.98 Å². The van der Waals surface area contributed by atoms with E-state index < -0.39 is 17.7 Å². The Morgan fingerprint density at radius 1 is 1.32 bits per heavy atom. The molecule has 2 aromatic rings. The summed E-state index contributed by atoms with van der Waals surface area (Å²) in [6, 6.07) is 6.65. The van der Waals surface area contributed by atoms with Crippen molar-refractivity contribution >= 4 is 5.91 Å². The Morgan fingerprint density at radius 2 is 2.11 bits per heavy atom. The van der Waals surface area contributed by atoms with Gasteiger partial charge in [0.15, 0.2) is 5.75 Å². The number of carbonyl (C=O) groups is 1. The average Bonchev–Trinajstić information content (AvgIpc) is 2.39. The molecule has 0 aliphatic rings. The quantitative estimate of drug-likeness (QED) is 0.859. The van der Waals surface area contributed by atoms with Crippen LogP contribution in [0.2, 0.25) is 0 Å². The molecule has 0 fully saturated rings. The highest BCUT2D eigenvalue weighted by Crippen LogP contribution is 2.17. The lowest BCUT2D eigenvalue weighted by Gasteiger charge is -2.08. The predicted octanol–water partition coefficient (Wildman–Crippen LogP) is 2.04. The maximum Gasteiger partial charge on any atom is 0.255 e. The van der Waals surface area contributed by atoms with E-state index in [1.165, 1.54) is 30.5 Å². The number of benzene rings is 1. The number of carbonyl (C=O) groups excluding carboxylic acids is 1. The predicted molar refractivity (Wildman–Crippen MR) is 63.4 cm³/mol. The van der Waals surface area contributed by atoms with Crippen LogP contribution in [0, 0.1) is 11.8 Å². The first-order chi connectivity index (χ1) is 9.08. The first-order valence-corrected chi connectivity index (χ1v) is 5.39. The fraction of sp³-hybridized carbons (Fsp3) is 0.0769. The van der Waals surface area contributed by atoms with Crippen LogP contribution in [-0.2, 0) is 6.61 Å². The number of aromatic nitrogens is 1. The van der Waals surface area contributed by atoms with Gasteiger partial charge in [-0.25, -0.2) is 9.37 Å². The summed E-state index contributed by atoms with van der Waals surface area (Å²) < 4.78 is 31.9. The second-order valence-electron chi connectivity index (χ2n) is 3.75. The minimum absolute atomic E-state index is 0.0637.